The van der Waals surface area contributed by atoms with Crippen LogP contribution in [0.15, 0.2) is 35.3 Å². The van der Waals surface area contributed by atoms with Gasteiger partial charge in [-0.3, -0.25) is 4.99 Å². The lowest BCUT2D eigenvalue weighted by Crippen LogP contribution is -1.88. The van der Waals surface area contributed by atoms with E-state index in [4.69, 9.17) is 0 Å². The summed E-state index contributed by atoms with van der Waals surface area (Å²) in [6, 6.07) is 9.71. The molecule has 2 nitrogen and oxygen atoms in total. The second-order valence-corrected chi connectivity index (χ2v) is 2.89. The fraction of sp³-hybridized carbons (Fsp3) is 0.273. The third-order valence-electron chi connectivity index (χ3n) is 1.62. The highest BCUT2D eigenvalue weighted by molar-refractivity contribution is 5.78. The van der Waals surface area contributed by atoms with Crippen molar-refractivity contribution >= 4 is 17.7 Å². The van der Waals surface area contributed by atoms with E-state index in [-0.39, 0.29) is 5.78 Å². The van der Waals surface area contributed by atoms with Crippen LogP contribution in [0, 0.1) is 0 Å². The molecule has 0 saturated carbocycles. The van der Waals surface area contributed by atoms with Crippen molar-refractivity contribution in [3.63, 3.8) is 0 Å². The number of Topliss-reactive ketones (excluding diaryl/α,β-unsaturated/α-hetero) is 1. The third-order valence-corrected chi connectivity index (χ3v) is 1.62. The molecule has 0 radical (unpaired) electrons. The Hall–Kier alpha value is -1.44. The van der Waals surface area contributed by atoms with Gasteiger partial charge in [-0.25, -0.2) is 0 Å². The topological polar surface area (TPSA) is 29.4 Å². The molecule has 0 amide bonds. The summed E-state index contributed by atoms with van der Waals surface area (Å²) in [5.41, 5.74) is 0.936. The maximum absolute atomic E-state index is 10.6. The second kappa shape index (κ2) is 5.25. The van der Waals surface area contributed by atoms with Gasteiger partial charge in [-0.1, -0.05) is 18.2 Å². The largest absolute Gasteiger partial charge is 0.300 e. The van der Waals surface area contributed by atoms with Crippen LogP contribution in [0.1, 0.15) is 19.8 Å². The van der Waals surface area contributed by atoms with Gasteiger partial charge in [0.05, 0.1) is 5.69 Å². The van der Waals surface area contributed by atoms with E-state index < -0.39 is 0 Å². The van der Waals surface area contributed by atoms with Crippen LogP contribution in [0.4, 0.5) is 5.69 Å². The predicted molar refractivity (Wildman–Crippen MR) is 54.5 cm³/mol. The monoisotopic (exact) mass is 175 g/mol. The lowest BCUT2D eigenvalue weighted by atomic mass is 10.2. The standard InChI is InChI=1S/C11H13NO/c1-10(13)6-5-9-12-11-7-3-2-4-8-11/h2-4,7-9H,5-6H2,1H3. The Morgan fingerprint density at radius 1 is 1.38 bits per heavy atom. The quantitative estimate of drug-likeness (QED) is 0.647. The summed E-state index contributed by atoms with van der Waals surface area (Å²) in [6.45, 7) is 1.59. The first-order valence-electron chi connectivity index (χ1n) is 4.36. The van der Waals surface area contributed by atoms with Gasteiger partial charge >= 0.3 is 0 Å². The molecule has 0 aliphatic carbocycles. The van der Waals surface area contributed by atoms with Gasteiger partial charge in [0.25, 0.3) is 0 Å². The molecule has 1 aromatic carbocycles. The van der Waals surface area contributed by atoms with E-state index in [1.165, 1.54) is 0 Å². The third kappa shape index (κ3) is 4.21. The molecule has 0 fully saturated rings. The molecule has 0 unspecified atom stereocenters. The van der Waals surface area contributed by atoms with Gasteiger partial charge in [0.2, 0.25) is 0 Å². The molecule has 0 spiro atoms. The number of aliphatic imine (C=N–C) groups is 1. The summed E-state index contributed by atoms with van der Waals surface area (Å²) in [5.74, 6) is 0.208. The maximum atomic E-state index is 10.6. The number of para-hydroxylation sites is 1. The highest BCUT2D eigenvalue weighted by atomic mass is 16.1. The van der Waals surface area contributed by atoms with E-state index in [0.717, 1.165) is 12.1 Å². The average Bonchev–Trinajstić information content (AvgIpc) is 2.14. The summed E-state index contributed by atoms with van der Waals surface area (Å²) in [7, 11) is 0. The molecule has 2 heteroatoms. The Labute approximate surface area is 78.3 Å². The highest BCUT2D eigenvalue weighted by Crippen LogP contribution is 2.08. The minimum Gasteiger partial charge on any atom is -0.300 e. The molecule has 1 rings (SSSR count). The summed E-state index contributed by atoms with van der Waals surface area (Å²) < 4.78 is 0. The predicted octanol–water partition coefficient (Wildman–Crippen LogP) is 2.76. The van der Waals surface area contributed by atoms with Crippen molar-refractivity contribution in [3.05, 3.63) is 30.3 Å². The molecule has 68 valence electrons. The summed E-state index contributed by atoms with van der Waals surface area (Å²) >= 11 is 0. The molecule has 0 heterocycles. The zero-order valence-electron chi connectivity index (χ0n) is 7.73. The molecular formula is C11H13NO. The summed E-state index contributed by atoms with van der Waals surface area (Å²) in [4.78, 5) is 14.8. The van der Waals surface area contributed by atoms with Crippen molar-refractivity contribution in [2.45, 2.75) is 19.8 Å². The molecule has 0 bridgehead atoms. The van der Waals surface area contributed by atoms with Crippen molar-refractivity contribution in [1.29, 1.82) is 0 Å². The lowest BCUT2D eigenvalue weighted by Gasteiger charge is -1.91. The van der Waals surface area contributed by atoms with Gasteiger partial charge in [0.15, 0.2) is 0 Å². The van der Waals surface area contributed by atoms with Gasteiger partial charge < -0.3 is 4.79 Å². The number of hydrogen-bond donors (Lipinski definition) is 0. The number of rotatable bonds is 4. The molecule has 13 heavy (non-hydrogen) atoms. The molecule has 0 aromatic heterocycles. The van der Waals surface area contributed by atoms with E-state index in [1.54, 1.807) is 13.1 Å². The highest BCUT2D eigenvalue weighted by Gasteiger charge is 1.89. The number of carbonyl (C=O) groups excluding carboxylic acids is 1. The Balaban J connectivity index is 2.37. The van der Waals surface area contributed by atoms with Gasteiger partial charge in [0, 0.05) is 12.6 Å². The number of ketones is 1. The van der Waals surface area contributed by atoms with Crippen molar-refractivity contribution < 1.29 is 4.79 Å². The smallest absolute Gasteiger partial charge is 0.130 e. The molecule has 0 saturated heterocycles. The maximum Gasteiger partial charge on any atom is 0.130 e. The molecule has 1 aromatic rings. The summed E-state index contributed by atoms with van der Waals surface area (Å²) in [5, 5.41) is 0. The summed E-state index contributed by atoms with van der Waals surface area (Å²) in [6.07, 6.45) is 3.09. The van der Waals surface area contributed by atoms with Crippen molar-refractivity contribution in [2.75, 3.05) is 0 Å². The Bertz CT molecular complexity index is 290. The van der Waals surface area contributed by atoms with Crippen LogP contribution in [0.2, 0.25) is 0 Å². The average molecular weight is 175 g/mol. The van der Waals surface area contributed by atoms with Crippen molar-refractivity contribution in [2.24, 2.45) is 4.99 Å². The second-order valence-electron chi connectivity index (χ2n) is 2.89. The van der Waals surface area contributed by atoms with Gasteiger partial charge in [-0.05, 0) is 25.5 Å². The van der Waals surface area contributed by atoms with E-state index in [9.17, 15) is 4.79 Å². The Morgan fingerprint density at radius 3 is 2.69 bits per heavy atom. The number of carbonyl (C=O) groups is 1. The van der Waals surface area contributed by atoms with Crippen molar-refractivity contribution in [1.82, 2.24) is 0 Å². The number of hydrogen-bond acceptors (Lipinski definition) is 2. The van der Waals surface area contributed by atoms with Crippen molar-refractivity contribution in [3.8, 4) is 0 Å². The lowest BCUT2D eigenvalue weighted by molar-refractivity contribution is -0.116. The minimum atomic E-state index is 0.208. The zero-order chi connectivity index (χ0) is 9.52. The molecule has 0 aliphatic rings. The van der Waals surface area contributed by atoms with E-state index >= 15 is 0 Å². The molecule has 0 atom stereocenters. The van der Waals surface area contributed by atoms with Crippen LogP contribution in [0.5, 0.6) is 0 Å². The SMILES string of the molecule is CC(=O)CCC=Nc1ccccc1. The number of nitrogens with zero attached hydrogens (tertiary/aromatic N) is 1. The molecular weight excluding hydrogens is 162 g/mol. The van der Waals surface area contributed by atoms with Crippen LogP contribution in [-0.4, -0.2) is 12.0 Å². The fourth-order valence-electron chi connectivity index (χ4n) is 0.952. The van der Waals surface area contributed by atoms with Gasteiger partial charge in [-0.2, -0.15) is 0 Å². The first kappa shape index (κ1) is 9.65. The fourth-order valence-corrected chi connectivity index (χ4v) is 0.952. The van der Waals surface area contributed by atoms with Gasteiger partial charge in [-0.15, -0.1) is 0 Å². The first-order chi connectivity index (χ1) is 6.29. The number of benzene rings is 1. The Kier molecular flexibility index (Phi) is 3.89. The zero-order valence-corrected chi connectivity index (χ0v) is 7.73. The van der Waals surface area contributed by atoms with Crippen LogP contribution in [0.3, 0.4) is 0 Å². The molecule has 0 aliphatic heterocycles. The Morgan fingerprint density at radius 2 is 2.08 bits per heavy atom. The normalized spacial score (nSPS) is 10.5. The van der Waals surface area contributed by atoms with E-state index in [1.807, 2.05) is 30.3 Å². The minimum absolute atomic E-state index is 0.208. The first-order valence-corrected chi connectivity index (χ1v) is 4.36. The van der Waals surface area contributed by atoms with Crippen LogP contribution < -0.4 is 0 Å². The van der Waals surface area contributed by atoms with Gasteiger partial charge in [0.1, 0.15) is 5.78 Å². The van der Waals surface area contributed by atoms with E-state index in [2.05, 4.69) is 4.99 Å². The van der Waals surface area contributed by atoms with Crippen LogP contribution >= 0.6 is 0 Å². The molecule has 0 N–H and O–H groups in total. The van der Waals surface area contributed by atoms with E-state index in [0.29, 0.717) is 6.42 Å². The van der Waals surface area contributed by atoms with Crippen LogP contribution in [-0.2, 0) is 4.79 Å². The van der Waals surface area contributed by atoms with Crippen LogP contribution in [0.25, 0.3) is 0 Å².